The molecule has 96 valence electrons. The van der Waals surface area contributed by atoms with Crippen molar-refractivity contribution in [3.8, 4) is 5.75 Å². The van der Waals surface area contributed by atoms with Gasteiger partial charge in [-0.05, 0) is 24.1 Å². The molecule has 0 saturated carbocycles. The summed E-state index contributed by atoms with van der Waals surface area (Å²) in [6.07, 6.45) is 1.89. The minimum absolute atomic E-state index is 0.135. The molecule has 0 spiro atoms. The Kier molecular flexibility index (Phi) is 4.30. The summed E-state index contributed by atoms with van der Waals surface area (Å²) in [7, 11) is 1.64. The van der Waals surface area contributed by atoms with Gasteiger partial charge in [0.2, 0.25) is 5.89 Å². The highest BCUT2D eigenvalue weighted by Crippen LogP contribution is 2.13. The van der Waals surface area contributed by atoms with Crippen molar-refractivity contribution < 1.29 is 14.4 Å². The molecule has 0 unspecified atom stereocenters. The van der Waals surface area contributed by atoms with Crippen molar-refractivity contribution in [2.24, 2.45) is 0 Å². The van der Waals surface area contributed by atoms with Crippen molar-refractivity contribution in [2.45, 2.75) is 19.3 Å². The largest absolute Gasteiger partial charge is 0.497 e. The number of hydrogen-bond acceptors (Lipinski definition) is 5. The third kappa shape index (κ3) is 3.30. The van der Waals surface area contributed by atoms with Gasteiger partial charge in [-0.1, -0.05) is 17.3 Å². The van der Waals surface area contributed by atoms with Crippen LogP contribution >= 0.6 is 0 Å². The average molecular weight is 248 g/mol. The smallest absolute Gasteiger partial charge is 0.226 e. The lowest BCUT2D eigenvalue weighted by Gasteiger charge is -2.00. The van der Waals surface area contributed by atoms with E-state index in [2.05, 4.69) is 10.1 Å². The number of aliphatic hydroxyl groups is 1. The van der Waals surface area contributed by atoms with Crippen LogP contribution in [0.4, 0.5) is 0 Å². The molecule has 0 bridgehead atoms. The van der Waals surface area contributed by atoms with E-state index in [9.17, 15) is 0 Å². The zero-order valence-corrected chi connectivity index (χ0v) is 10.3. The summed E-state index contributed by atoms with van der Waals surface area (Å²) in [5, 5.41) is 12.6. The summed E-state index contributed by atoms with van der Waals surface area (Å²) in [6, 6.07) is 7.76. The highest BCUT2D eigenvalue weighted by molar-refractivity contribution is 5.28. The van der Waals surface area contributed by atoms with E-state index in [1.165, 1.54) is 0 Å². The van der Waals surface area contributed by atoms with Gasteiger partial charge in [0, 0.05) is 19.4 Å². The van der Waals surface area contributed by atoms with Crippen LogP contribution < -0.4 is 4.74 Å². The second-order valence-electron chi connectivity index (χ2n) is 3.96. The number of methoxy groups -OCH3 is 1. The molecule has 0 saturated heterocycles. The van der Waals surface area contributed by atoms with Crippen LogP contribution in [0.15, 0.2) is 28.8 Å². The van der Waals surface area contributed by atoms with Crippen LogP contribution in [0.3, 0.4) is 0 Å². The van der Waals surface area contributed by atoms with Crippen molar-refractivity contribution in [3.63, 3.8) is 0 Å². The van der Waals surface area contributed by atoms with Gasteiger partial charge in [0.25, 0.3) is 0 Å². The second kappa shape index (κ2) is 6.16. The Labute approximate surface area is 105 Å². The zero-order valence-electron chi connectivity index (χ0n) is 10.3. The molecular formula is C13H16N2O3. The van der Waals surface area contributed by atoms with E-state index in [1.807, 2.05) is 24.3 Å². The first kappa shape index (κ1) is 12.6. The predicted molar refractivity (Wildman–Crippen MR) is 65.5 cm³/mol. The Morgan fingerprint density at radius 3 is 2.72 bits per heavy atom. The third-order valence-electron chi connectivity index (χ3n) is 2.58. The molecule has 2 aromatic rings. The number of nitrogens with zero attached hydrogens (tertiary/aromatic N) is 2. The van der Waals surface area contributed by atoms with E-state index in [-0.39, 0.29) is 6.61 Å². The van der Waals surface area contributed by atoms with Crippen LogP contribution in [-0.2, 0) is 12.8 Å². The summed E-state index contributed by atoms with van der Waals surface area (Å²) in [4.78, 5) is 4.27. The molecule has 0 aliphatic rings. The Morgan fingerprint density at radius 1 is 1.28 bits per heavy atom. The maximum atomic E-state index is 8.72. The fraction of sp³-hybridized carbons (Fsp3) is 0.385. The minimum Gasteiger partial charge on any atom is -0.497 e. The van der Waals surface area contributed by atoms with Crippen molar-refractivity contribution in [1.29, 1.82) is 0 Å². The Bertz CT molecular complexity index is 479. The van der Waals surface area contributed by atoms with Gasteiger partial charge >= 0.3 is 0 Å². The first-order valence-electron chi connectivity index (χ1n) is 5.87. The number of hydrogen-bond donors (Lipinski definition) is 1. The summed E-state index contributed by atoms with van der Waals surface area (Å²) < 4.78 is 10.2. The molecule has 0 radical (unpaired) electrons. The van der Waals surface area contributed by atoms with Gasteiger partial charge in [-0.15, -0.1) is 0 Å². The first-order chi connectivity index (χ1) is 8.81. The van der Waals surface area contributed by atoms with E-state index in [1.54, 1.807) is 7.11 Å². The van der Waals surface area contributed by atoms with E-state index in [4.69, 9.17) is 14.4 Å². The van der Waals surface area contributed by atoms with E-state index in [0.717, 1.165) is 11.3 Å². The van der Waals surface area contributed by atoms with Crippen LogP contribution in [0.1, 0.15) is 23.7 Å². The fourth-order valence-corrected chi connectivity index (χ4v) is 1.62. The summed E-state index contributed by atoms with van der Waals surface area (Å²) >= 11 is 0. The lowest BCUT2D eigenvalue weighted by Crippen LogP contribution is -1.93. The molecule has 0 fully saturated rings. The first-order valence-corrected chi connectivity index (χ1v) is 5.87. The van der Waals surface area contributed by atoms with Crippen molar-refractivity contribution in [1.82, 2.24) is 10.1 Å². The van der Waals surface area contributed by atoms with Crippen molar-refractivity contribution in [2.75, 3.05) is 13.7 Å². The molecule has 1 aromatic carbocycles. The SMILES string of the molecule is COc1ccc(Cc2noc(CCCO)n2)cc1. The second-order valence-corrected chi connectivity index (χ2v) is 3.96. The Morgan fingerprint density at radius 2 is 2.06 bits per heavy atom. The molecular weight excluding hydrogens is 232 g/mol. The van der Waals surface area contributed by atoms with Gasteiger partial charge in [-0.2, -0.15) is 4.98 Å². The van der Waals surface area contributed by atoms with Crippen molar-refractivity contribution >= 4 is 0 Å². The molecule has 0 aliphatic carbocycles. The van der Waals surface area contributed by atoms with Gasteiger partial charge in [-0.3, -0.25) is 0 Å². The van der Waals surface area contributed by atoms with Crippen LogP contribution in [0.5, 0.6) is 5.75 Å². The molecule has 1 heterocycles. The molecule has 0 atom stereocenters. The Balaban J connectivity index is 1.97. The van der Waals surface area contributed by atoms with E-state index >= 15 is 0 Å². The molecule has 2 rings (SSSR count). The van der Waals surface area contributed by atoms with Gasteiger partial charge in [0.05, 0.1) is 7.11 Å². The van der Waals surface area contributed by atoms with Gasteiger partial charge in [0.15, 0.2) is 5.82 Å². The normalized spacial score (nSPS) is 10.6. The lowest BCUT2D eigenvalue weighted by atomic mass is 10.1. The van der Waals surface area contributed by atoms with Gasteiger partial charge in [-0.25, -0.2) is 0 Å². The minimum atomic E-state index is 0.135. The molecule has 1 N–H and O–H groups in total. The van der Waals surface area contributed by atoms with Crippen LogP contribution in [0.2, 0.25) is 0 Å². The highest BCUT2D eigenvalue weighted by atomic mass is 16.5. The number of benzene rings is 1. The molecule has 18 heavy (non-hydrogen) atoms. The zero-order chi connectivity index (χ0) is 12.8. The predicted octanol–water partition coefficient (Wildman–Crippen LogP) is 1.59. The average Bonchev–Trinajstić information content (AvgIpc) is 2.85. The summed E-state index contributed by atoms with van der Waals surface area (Å²) in [5.41, 5.74) is 1.10. The van der Waals surface area contributed by atoms with Gasteiger partial charge < -0.3 is 14.4 Å². The molecule has 0 amide bonds. The summed E-state index contributed by atoms with van der Waals surface area (Å²) in [6.45, 7) is 0.135. The summed E-state index contributed by atoms with van der Waals surface area (Å²) in [5.74, 6) is 2.07. The third-order valence-corrected chi connectivity index (χ3v) is 2.58. The van der Waals surface area contributed by atoms with E-state index < -0.39 is 0 Å². The van der Waals surface area contributed by atoms with Crippen molar-refractivity contribution in [3.05, 3.63) is 41.5 Å². The topological polar surface area (TPSA) is 68.4 Å². The number of aryl methyl sites for hydroxylation is 1. The number of rotatable bonds is 6. The molecule has 1 aromatic heterocycles. The van der Waals surface area contributed by atoms with Crippen LogP contribution in [0, 0.1) is 0 Å². The van der Waals surface area contributed by atoms with Crippen LogP contribution in [-0.4, -0.2) is 29.0 Å². The van der Waals surface area contributed by atoms with Gasteiger partial charge in [0.1, 0.15) is 5.75 Å². The number of ether oxygens (including phenoxy) is 1. The highest BCUT2D eigenvalue weighted by Gasteiger charge is 2.06. The number of aromatic nitrogens is 2. The Hall–Kier alpha value is -1.88. The lowest BCUT2D eigenvalue weighted by molar-refractivity contribution is 0.278. The van der Waals surface area contributed by atoms with Crippen LogP contribution in [0.25, 0.3) is 0 Å². The fourth-order valence-electron chi connectivity index (χ4n) is 1.62. The quantitative estimate of drug-likeness (QED) is 0.840. The molecule has 5 heteroatoms. The van der Waals surface area contributed by atoms with E-state index in [0.29, 0.717) is 31.0 Å². The maximum absolute atomic E-state index is 8.72. The standard InChI is InChI=1S/C13H16N2O3/c1-17-11-6-4-10(5-7-11)9-12-14-13(18-15-12)3-2-8-16/h4-7,16H,2-3,8-9H2,1H3. The number of aliphatic hydroxyl groups excluding tert-OH is 1. The maximum Gasteiger partial charge on any atom is 0.226 e. The molecule has 5 nitrogen and oxygen atoms in total. The molecule has 0 aliphatic heterocycles. The monoisotopic (exact) mass is 248 g/mol.